The minimum absolute atomic E-state index is 0. The van der Waals surface area contributed by atoms with E-state index in [2.05, 4.69) is 24.5 Å². The molecule has 1 aliphatic heterocycles. The Balaban J connectivity index is 0.00000300. The van der Waals surface area contributed by atoms with Crippen molar-refractivity contribution in [2.24, 2.45) is 0 Å². The fourth-order valence-electron chi connectivity index (χ4n) is 3.36. The van der Waals surface area contributed by atoms with Gasteiger partial charge in [-0.05, 0) is 37.6 Å². The van der Waals surface area contributed by atoms with Gasteiger partial charge in [0.15, 0.2) is 6.61 Å². The number of nitrogens with one attached hydrogen (secondary N) is 1. The van der Waals surface area contributed by atoms with Gasteiger partial charge >= 0.3 is 0 Å². The van der Waals surface area contributed by atoms with Crippen LogP contribution >= 0.6 is 0 Å². The Hall–Kier alpha value is -2.77. The van der Waals surface area contributed by atoms with Crippen LogP contribution in [0.2, 0.25) is 0 Å². The molecule has 1 heterocycles. The lowest BCUT2D eigenvalue weighted by molar-refractivity contribution is -0.726. The standard InChI is InChI=1S/C21H26N2O5.CH3/c1-21(2,10-13-4-6-15(27-3)7-5-13)22-11-18(25)16-8-14(24)9-17-20(16)28-12-19(26)23-17;/h4-9,18,22,24-25H,10-12H2,1-3H3,(H,23,26);1H3/q;-1/p+1. The van der Waals surface area contributed by atoms with E-state index < -0.39 is 6.10 Å². The number of carbonyl (C=O) groups is 1. The molecule has 29 heavy (non-hydrogen) atoms. The van der Waals surface area contributed by atoms with Crippen LogP contribution in [0, 0.1) is 7.43 Å². The van der Waals surface area contributed by atoms with Crippen LogP contribution in [-0.2, 0) is 11.2 Å². The van der Waals surface area contributed by atoms with Crippen molar-refractivity contribution in [2.75, 3.05) is 25.6 Å². The van der Waals surface area contributed by atoms with E-state index in [-0.39, 0.29) is 31.2 Å². The molecule has 0 saturated heterocycles. The van der Waals surface area contributed by atoms with Crippen molar-refractivity contribution in [1.82, 2.24) is 0 Å². The fourth-order valence-corrected chi connectivity index (χ4v) is 3.36. The third-order valence-electron chi connectivity index (χ3n) is 4.80. The number of nitrogens with two attached hydrogens (primary N) is 1. The Morgan fingerprint density at radius 1 is 1.28 bits per heavy atom. The second-order valence-electron chi connectivity index (χ2n) is 7.72. The Labute approximate surface area is 171 Å². The predicted molar refractivity (Wildman–Crippen MR) is 111 cm³/mol. The highest BCUT2D eigenvalue weighted by atomic mass is 16.5. The average Bonchev–Trinajstić information content (AvgIpc) is 2.65. The number of carbonyl (C=O) groups excluding carboxylic acids is 1. The van der Waals surface area contributed by atoms with E-state index in [4.69, 9.17) is 9.47 Å². The monoisotopic (exact) mass is 402 g/mol. The average molecular weight is 402 g/mol. The molecule has 0 bridgehead atoms. The highest BCUT2D eigenvalue weighted by Crippen LogP contribution is 2.38. The highest BCUT2D eigenvalue weighted by Gasteiger charge is 2.28. The number of anilines is 1. The SMILES string of the molecule is COc1ccc(CC(C)(C)[NH2+]CC(O)c2cc(O)cc3c2OCC(=O)N3)cc1.[CH3-]. The zero-order valence-corrected chi connectivity index (χ0v) is 17.4. The van der Waals surface area contributed by atoms with E-state index in [0.717, 1.165) is 12.2 Å². The number of benzene rings is 2. The molecule has 1 unspecified atom stereocenters. The maximum Gasteiger partial charge on any atom is 0.262 e. The van der Waals surface area contributed by atoms with E-state index in [9.17, 15) is 15.0 Å². The molecule has 0 aliphatic carbocycles. The lowest BCUT2D eigenvalue weighted by atomic mass is 9.94. The van der Waals surface area contributed by atoms with Gasteiger partial charge in [-0.1, -0.05) is 12.1 Å². The van der Waals surface area contributed by atoms with E-state index >= 15 is 0 Å². The fraction of sp³-hybridized carbons (Fsp3) is 0.364. The molecule has 1 atom stereocenters. The van der Waals surface area contributed by atoms with Gasteiger partial charge in [-0.2, -0.15) is 0 Å². The number of hydrogen-bond acceptors (Lipinski definition) is 5. The molecule has 1 aliphatic rings. The first-order valence-corrected chi connectivity index (χ1v) is 9.22. The summed E-state index contributed by atoms with van der Waals surface area (Å²) in [5, 5.41) is 25.4. The maximum absolute atomic E-state index is 11.5. The predicted octanol–water partition coefficient (Wildman–Crippen LogP) is 1.80. The van der Waals surface area contributed by atoms with Gasteiger partial charge in [0, 0.05) is 18.1 Å². The molecule has 0 fully saturated rings. The van der Waals surface area contributed by atoms with Crippen molar-refractivity contribution >= 4 is 11.6 Å². The third-order valence-corrected chi connectivity index (χ3v) is 4.80. The van der Waals surface area contributed by atoms with Gasteiger partial charge in [0.2, 0.25) is 0 Å². The molecule has 0 saturated carbocycles. The molecule has 7 heteroatoms. The Bertz CT molecular complexity index is 849. The molecule has 2 aromatic carbocycles. The molecule has 2 aromatic rings. The first kappa shape index (κ1) is 22.5. The summed E-state index contributed by atoms with van der Waals surface area (Å²) in [6, 6.07) is 10.8. The largest absolute Gasteiger partial charge is 0.508 e. The topological polar surface area (TPSA) is 105 Å². The molecule has 0 spiro atoms. The van der Waals surface area contributed by atoms with Crippen LogP contribution < -0.4 is 20.1 Å². The minimum Gasteiger partial charge on any atom is -0.508 e. The number of aliphatic hydroxyl groups excluding tert-OH is 1. The van der Waals surface area contributed by atoms with Crippen molar-refractivity contribution in [3.05, 3.63) is 55.0 Å². The second kappa shape index (κ2) is 9.15. The van der Waals surface area contributed by atoms with Crippen LogP contribution in [0.3, 0.4) is 0 Å². The Kier molecular flexibility index (Phi) is 7.11. The number of hydrogen-bond donors (Lipinski definition) is 4. The normalized spacial score (nSPS) is 14.1. The number of rotatable bonds is 7. The summed E-state index contributed by atoms with van der Waals surface area (Å²) in [6.45, 7) is 4.50. The van der Waals surface area contributed by atoms with E-state index in [1.807, 2.05) is 24.3 Å². The summed E-state index contributed by atoms with van der Waals surface area (Å²) in [5.74, 6) is 0.912. The van der Waals surface area contributed by atoms with Crippen LogP contribution in [0.1, 0.15) is 31.1 Å². The number of ether oxygens (including phenoxy) is 2. The van der Waals surface area contributed by atoms with Gasteiger partial charge in [-0.3, -0.25) is 4.79 Å². The van der Waals surface area contributed by atoms with Gasteiger partial charge in [0.25, 0.3) is 5.91 Å². The number of fused-ring (bicyclic) bond motifs is 1. The van der Waals surface area contributed by atoms with Gasteiger partial charge in [-0.15, -0.1) is 0 Å². The molecular formula is C22H30N2O5. The smallest absolute Gasteiger partial charge is 0.262 e. The molecule has 0 radical (unpaired) electrons. The molecule has 7 nitrogen and oxygen atoms in total. The number of methoxy groups -OCH3 is 1. The Morgan fingerprint density at radius 2 is 1.97 bits per heavy atom. The number of quaternary nitrogens is 1. The molecular weight excluding hydrogens is 372 g/mol. The van der Waals surface area contributed by atoms with E-state index in [1.54, 1.807) is 7.11 Å². The van der Waals surface area contributed by atoms with Crippen molar-refractivity contribution in [3.8, 4) is 17.2 Å². The summed E-state index contributed by atoms with van der Waals surface area (Å²) >= 11 is 0. The summed E-state index contributed by atoms with van der Waals surface area (Å²) in [6.07, 6.45) is -0.0417. The van der Waals surface area contributed by atoms with Crippen molar-refractivity contribution in [1.29, 1.82) is 0 Å². The van der Waals surface area contributed by atoms with Crippen molar-refractivity contribution in [3.63, 3.8) is 0 Å². The molecule has 5 N–H and O–H groups in total. The van der Waals surface area contributed by atoms with Gasteiger partial charge in [-0.25, -0.2) is 0 Å². The van der Waals surface area contributed by atoms with Crippen molar-refractivity contribution < 1.29 is 29.8 Å². The summed E-state index contributed by atoms with van der Waals surface area (Å²) in [7, 11) is 1.64. The van der Waals surface area contributed by atoms with Crippen LogP contribution in [0.15, 0.2) is 36.4 Å². The van der Waals surface area contributed by atoms with Crippen LogP contribution in [-0.4, -0.2) is 41.9 Å². The summed E-state index contributed by atoms with van der Waals surface area (Å²) in [5.41, 5.74) is 1.87. The van der Waals surface area contributed by atoms with Crippen LogP contribution in [0.25, 0.3) is 0 Å². The highest BCUT2D eigenvalue weighted by molar-refractivity contribution is 5.96. The molecule has 1 amide bonds. The first-order valence-electron chi connectivity index (χ1n) is 9.22. The van der Waals surface area contributed by atoms with E-state index in [0.29, 0.717) is 23.5 Å². The number of amides is 1. The number of phenols is 1. The summed E-state index contributed by atoms with van der Waals surface area (Å²) < 4.78 is 10.7. The Morgan fingerprint density at radius 3 is 2.62 bits per heavy atom. The maximum atomic E-state index is 11.5. The number of phenolic OH excluding ortho intramolecular Hbond substituents is 1. The van der Waals surface area contributed by atoms with E-state index in [1.165, 1.54) is 17.7 Å². The zero-order valence-electron chi connectivity index (χ0n) is 17.4. The number of aromatic hydroxyl groups is 1. The van der Waals surface area contributed by atoms with Crippen LogP contribution in [0.4, 0.5) is 5.69 Å². The third kappa shape index (κ3) is 5.62. The lowest BCUT2D eigenvalue weighted by Crippen LogP contribution is -2.96. The van der Waals surface area contributed by atoms with Gasteiger partial charge in [0.05, 0.1) is 18.3 Å². The van der Waals surface area contributed by atoms with Gasteiger partial charge in [0.1, 0.15) is 29.9 Å². The summed E-state index contributed by atoms with van der Waals surface area (Å²) in [4.78, 5) is 11.5. The number of aliphatic hydroxyl groups is 1. The zero-order chi connectivity index (χ0) is 20.3. The lowest BCUT2D eigenvalue weighted by Gasteiger charge is -2.26. The van der Waals surface area contributed by atoms with Crippen molar-refractivity contribution in [2.45, 2.75) is 31.9 Å². The molecule has 158 valence electrons. The van der Waals surface area contributed by atoms with Crippen LogP contribution in [0.5, 0.6) is 17.2 Å². The molecule has 3 rings (SSSR count). The quantitative estimate of drug-likeness (QED) is 0.529. The minimum atomic E-state index is -0.856. The second-order valence-corrected chi connectivity index (χ2v) is 7.72. The van der Waals surface area contributed by atoms with Gasteiger partial charge < -0.3 is 37.7 Å². The first-order chi connectivity index (χ1) is 13.3. The molecule has 0 aromatic heterocycles.